The first-order valence-corrected chi connectivity index (χ1v) is 6.71. The van der Waals surface area contributed by atoms with Crippen molar-refractivity contribution in [2.24, 2.45) is 5.92 Å². The molecule has 2 rings (SSSR count). The predicted octanol–water partition coefficient (Wildman–Crippen LogP) is 2.07. The van der Waals surface area contributed by atoms with Gasteiger partial charge in [0, 0.05) is 13.2 Å². The smallest absolute Gasteiger partial charge is 0.337 e. The summed E-state index contributed by atoms with van der Waals surface area (Å²) < 4.78 is 18.3. The summed E-state index contributed by atoms with van der Waals surface area (Å²) >= 11 is 0. The summed E-state index contributed by atoms with van der Waals surface area (Å²) in [7, 11) is 0. The van der Waals surface area contributed by atoms with E-state index in [2.05, 4.69) is 10.6 Å². The summed E-state index contributed by atoms with van der Waals surface area (Å²) in [5, 5.41) is 13.9. The fourth-order valence-corrected chi connectivity index (χ4v) is 1.74. The Morgan fingerprint density at radius 3 is 2.81 bits per heavy atom. The maximum Gasteiger partial charge on any atom is 0.337 e. The number of halogens is 1. The maximum atomic E-state index is 13.0. The highest BCUT2D eigenvalue weighted by molar-refractivity contribution is 5.99. The Kier molecular flexibility index (Phi) is 5.10. The molecule has 1 aliphatic carbocycles. The van der Waals surface area contributed by atoms with Crippen molar-refractivity contribution in [3.05, 3.63) is 29.6 Å². The first-order chi connectivity index (χ1) is 10.1. The SMILES string of the molecule is O=C(NCCOCC1CC1)Nc1ccc(F)cc1C(=O)O. The zero-order chi connectivity index (χ0) is 15.2. The third-order valence-corrected chi connectivity index (χ3v) is 3.04. The molecule has 1 aromatic carbocycles. The topological polar surface area (TPSA) is 87.7 Å². The Labute approximate surface area is 121 Å². The van der Waals surface area contributed by atoms with Gasteiger partial charge in [-0.1, -0.05) is 0 Å². The number of ether oxygens (including phenoxy) is 1. The third-order valence-electron chi connectivity index (χ3n) is 3.04. The molecule has 0 atom stereocenters. The van der Waals surface area contributed by atoms with Crippen LogP contribution < -0.4 is 10.6 Å². The van der Waals surface area contributed by atoms with Crippen LogP contribution in [0, 0.1) is 11.7 Å². The number of hydrogen-bond acceptors (Lipinski definition) is 3. The number of carbonyl (C=O) groups excluding carboxylic acids is 1. The average Bonchev–Trinajstić information content (AvgIpc) is 3.24. The van der Waals surface area contributed by atoms with Crippen molar-refractivity contribution in [2.75, 3.05) is 25.1 Å². The molecular formula is C14H17FN2O4. The van der Waals surface area contributed by atoms with Gasteiger partial charge in [0.25, 0.3) is 0 Å². The quantitative estimate of drug-likeness (QED) is 0.672. The molecule has 1 aromatic rings. The van der Waals surface area contributed by atoms with Crippen molar-refractivity contribution in [1.29, 1.82) is 0 Å². The van der Waals surface area contributed by atoms with Gasteiger partial charge >= 0.3 is 12.0 Å². The first kappa shape index (κ1) is 15.2. The molecule has 0 heterocycles. The molecule has 0 bridgehead atoms. The number of benzene rings is 1. The van der Waals surface area contributed by atoms with Crippen LogP contribution in [-0.4, -0.2) is 36.9 Å². The molecule has 7 heteroatoms. The largest absolute Gasteiger partial charge is 0.478 e. The number of anilines is 1. The fourth-order valence-electron chi connectivity index (χ4n) is 1.74. The molecule has 3 N–H and O–H groups in total. The van der Waals surface area contributed by atoms with E-state index in [1.807, 2.05) is 0 Å². The van der Waals surface area contributed by atoms with Crippen LogP contribution in [-0.2, 0) is 4.74 Å². The van der Waals surface area contributed by atoms with Crippen molar-refractivity contribution < 1.29 is 23.8 Å². The normalized spacial score (nSPS) is 13.8. The minimum atomic E-state index is -1.31. The highest BCUT2D eigenvalue weighted by atomic mass is 19.1. The molecule has 21 heavy (non-hydrogen) atoms. The van der Waals surface area contributed by atoms with Gasteiger partial charge in [-0.15, -0.1) is 0 Å². The lowest BCUT2D eigenvalue weighted by Crippen LogP contribution is -2.32. The second-order valence-corrected chi connectivity index (χ2v) is 4.89. The van der Waals surface area contributed by atoms with E-state index in [0.717, 1.165) is 12.1 Å². The van der Waals surface area contributed by atoms with Crippen LogP contribution in [0.2, 0.25) is 0 Å². The number of aromatic carboxylic acids is 1. The van der Waals surface area contributed by atoms with Gasteiger partial charge in [0.15, 0.2) is 0 Å². The minimum absolute atomic E-state index is 0.0419. The summed E-state index contributed by atoms with van der Waals surface area (Å²) in [6.45, 7) is 1.44. The van der Waals surface area contributed by atoms with E-state index in [0.29, 0.717) is 25.7 Å². The van der Waals surface area contributed by atoms with E-state index < -0.39 is 17.8 Å². The maximum absolute atomic E-state index is 13.0. The van der Waals surface area contributed by atoms with Crippen LogP contribution in [0.3, 0.4) is 0 Å². The molecular weight excluding hydrogens is 279 g/mol. The second-order valence-electron chi connectivity index (χ2n) is 4.89. The van der Waals surface area contributed by atoms with Gasteiger partial charge in [-0.2, -0.15) is 0 Å². The van der Waals surface area contributed by atoms with Gasteiger partial charge in [-0.05, 0) is 37.0 Å². The number of urea groups is 1. The number of carboxylic acids is 1. The standard InChI is InChI=1S/C14H17FN2O4/c15-10-3-4-12(11(7-10)13(18)19)17-14(20)16-5-6-21-8-9-1-2-9/h3-4,7,9H,1-2,5-6,8H2,(H,18,19)(H2,16,17,20). The summed E-state index contributed by atoms with van der Waals surface area (Å²) in [5.41, 5.74) is -0.254. The van der Waals surface area contributed by atoms with Gasteiger partial charge in [0.1, 0.15) is 5.82 Å². The number of nitrogens with one attached hydrogen (secondary N) is 2. The van der Waals surface area contributed by atoms with E-state index in [-0.39, 0.29) is 11.3 Å². The van der Waals surface area contributed by atoms with Crippen molar-refractivity contribution in [2.45, 2.75) is 12.8 Å². The molecule has 0 unspecified atom stereocenters. The number of amides is 2. The van der Waals surface area contributed by atoms with Gasteiger partial charge in [-0.25, -0.2) is 14.0 Å². The first-order valence-electron chi connectivity index (χ1n) is 6.71. The summed E-state index contributed by atoms with van der Waals surface area (Å²) in [5.74, 6) is -1.32. The van der Waals surface area contributed by atoms with Crippen LogP contribution >= 0.6 is 0 Å². The van der Waals surface area contributed by atoms with E-state index in [1.165, 1.54) is 18.9 Å². The van der Waals surface area contributed by atoms with Crippen LogP contribution in [0.25, 0.3) is 0 Å². The minimum Gasteiger partial charge on any atom is -0.478 e. The number of hydrogen-bond donors (Lipinski definition) is 3. The molecule has 0 saturated heterocycles. The zero-order valence-corrected chi connectivity index (χ0v) is 11.4. The molecule has 6 nitrogen and oxygen atoms in total. The van der Waals surface area contributed by atoms with Crippen molar-refractivity contribution in [3.63, 3.8) is 0 Å². The average molecular weight is 296 g/mol. The molecule has 0 radical (unpaired) electrons. The molecule has 114 valence electrons. The van der Waals surface area contributed by atoms with E-state index >= 15 is 0 Å². The Hall–Kier alpha value is -2.15. The summed E-state index contributed by atoms with van der Waals surface area (Å²) in [4.78, 5) is 22.6. The van der Waals surface area contributed by atoms with Crippen LogP contribution in [0.1, 0.15) is 23.2 Å². The van der Waals surface area contributed by atoms with Crippen LogP contribution in [0.5, 0.6) is 0 Å². The Morgan fingerprint density at radius 1 is 1.38 bits per heavy atom. The Bertz CT molecular complexity index is 532. The number of carboxylic acid groups (broad SMARTS) is 1. The van der Waals surface area contributed by atoms with Gasteiger partial charge in [0.05, 0.1) is 17.9 Å². The van der Waals surface area contributed by atoms with Crippen molar-refractivity contribution in [3.8, 4) is 0 Å². The number of carbonyl (C=O) groups is 2. The molecule has 1 saturated carbocycles. The molecule has 1 fully saturated rings. The summed E-state index contributed by atoms with van der Waals surface area (Å²) in [6, 6.07) is 2.60. The Balaban J connectivity index is 1.77. The van der Waals surface area contributed by atoms with Crippen LogP contribution in [0.4, 0.5) is 14.9 Å². The highest BCUT2D eigenvalue weighted by Gasteiger charge is 2.20. The lowest BCUT2D eigenvalue weighted by Gasteiger charge is -2.10. The summed E-state index contributed by atoms with van der Waals surface area (Å²) in [6.07, 6.45) is 2.41. The van der Waals surface area contributed by atoms with E-state index in [9.17, 15) is 14.0 Å². The van der Waals surface area contributed by atoms with E-state index in [4.69, 9.17) is 9.84 Å². The second kappa shape index (κ2) is 7.03. The highest BCUT2D eigenvalue weighted by Crippen LogP contribution is 2.28. The fraction of sp³-hybridized carbons (Fsp3) is 0.429. The number of rotatable bonds is 7. The lowest BCUT2D eigenvalue weighted by atomic mass is 10.2. The van der Waals surface area contributed by atoms with Gasteiger partial charge < -0.3 is 20.5 Å². The zero-order valence-electron chi connectivity index (χ0n) is 11.4. The van der Waals surface area contributed by atoms with E-state index in [1.54, 1.807) is 0 Å². The molecule has 0 spiro atoms. The molecule has 0 aromatic heterocycles. The Morgan fingerprint density at radius 2 is 2.14 bits per heavy atom. The van der Waals surface area contributed by atoms with Crippen LogP contribution in [0.15, 0.2) is 18.2 Å². The monoisotopic (exact) mass is 296 g/mol. The predicted molar refractivity (Wildman–Crippen MR) is 73.9 cm³/mol. The molecule has 0 aliphatic heterocycles. The molecule has 2 amide bonds. The third kappa shape index (κ3) is 5.03. The van der Waals surface area contributed by atoms with Crippen molar-refractivity contribution in [1.82, 2.24) is 5.32 Å². The molecule has 1 aliphatic rings. The van der Waals surface area contributed by atoms with Gasteiger partial charge in [-0.3, -0.25) is 0 Å². The van der Waals surface area contributed by atoms with Gasteiger partial charge in [0.2, 0.25) is 0 Å². The van der Waals surface area contributed by atoms with Crippen molar-refractivity contribution >= 4 is 17.7 Å². The lowest BCUT2D eigenvalue weighted by molar-refractivity contribution is 0.0697.